The molecule has 0 aliphatic carbocycles. The van der Waals surface area contributed by atoms with Gasteiger partial charge in [-0.15, -0.1) is 0 Å². The Balaban J connectivity index is 1.54. The van der Waals surface area contributed by atoms with Crippen molar-refractivity contribution in [3.63, 3.8) is 0 Å². The van der Waals surface area contributed by atoms with E-state index >= 15 is 0 Å². The largest absolute Gasteiger partial charge is 0.433 e. The van der Waals surface area contributed by atoms with Crippen LogP contribution in [0, 0.1) is 0 Å². The first-order valence-electron chi connectivity index (χ1n) is 7.32. The number of carbonyl (C=O) groups excluding carboxylic acids is 1. The summed E-state index contributed by atoms with van der Waals surface area (Å²) in [6.07, 6.45) is -0.778. The summed E-state index contributed by atoms with van der Waals surface area (Å²) in [5, 5.41) is 0. The first-order valence-corrected chi connectivity index (χ1v) is 7.32. The Morgan fingerprint density at radius 1 is 0.864 bits per heavy atom. The van der Waals surface area contributed by atoms with Crippen LogP contribution in [0.3, 0.4) is 0 Å². The monoisotopic (exact) mass is 298 g/mol. The Bertz CT molecular complexity index is 543. The van der Waals surface area contributed by atoms with Crippen LogP contribution in [0.25, 0.3) is 0 Å². The van der Waals surface area contributed by atoms with Crippen molar-refractivity contribution < 1.29 is 19.0 Å². The molecule has 0 spiro atoms. The number of ether oxygens (including phenoxy) is 3. The molecule has 0 radical (unpaired) electrons. The highest BCUT2D eigenvalue weighted by atomic mass is 16.7. The van der Waals surface area contributed by atoms with Crippen LogP contribution in [0.15, 0.2) is 60.7 Å². The van der Waals surface area contributed by atoms with Crippen molar-refractivity contribution in [2.75, 3.05) is 0 Å². The van der Waals surface area contributed by atoms with E-state index in [2.05, 4.69) is 0 Å². The van der Waals surface area contributed by atoms with Crippen molar-refractivity contribution in [2.24, 2.45) is 0 Å². The maximum atomic E-state index is 11.5. The number of esters is 1. The number of hydrogen-bond acceptors (Lipinski definition) is 4. The summed E-state index contributed by atoms with van der Waals surface area (Å²) >= 11 is 0. The summed E-state index contributed by atoms with van der Waals surface area (Å²) in [6.45, 7) is 0.831. The lowest BCUT2D eigenvalue weighted by atomic mass is 10.2. The molecule has 1 saturated heterocycles. The van der Waals surface area contributed by atoms with Gasteiger partial charge in [-0.1, -0.05) is 60.7 Å². The third-order valence-corrected chi connectivity index (χ3v) is 3.48. The number of benzene rings is 2. The zero-order valence-corrected chi connectivity index (χ0v) is 12.2. The average molecular weight is 298 g/mol. The van der Waals surface area contributed by atoms with E-state index < -0.39 is 6.29 Å². The fraction of sp³-hybridized carbons (Fsp3) is 0.278. The Hall–Kier alpha value is -2.17. The van der Waals surface area contributed by atoms with Crippen LogP contribution >= 0.6 is 0 Å². The molecule has 1 fully saturated rings. The topological polar surface area (TPSA) is 44.8 Å². The highest BCUT2D eigenvalue weighted by molar-refractivity contribution is 5.72. The first-order chi connectivity index (χ1) is 10.8. The summed E-state index contributed by atoms with van der Waals surface area (Å²) in [7, 11) is 0. The maximum absolute atomic E-state index is 11.5. The molecule has 0 N–H and O–H groups in total. The van der Waals surface area contributed by atoms with Crippen molar-refractivity contribution in [1.82, 2.24) is 0 Å². The van der Waals surface area contributed by atoms with Crippen LogP contribution in [0.5, 0.6) is 0 Å². The second kappa shape index (κ2) is 7.20. The molecule has 1 aliphatic rings. The minimum atomic E-state index is -0.642. The Morgan fingerprint density at radius 3 is 2.00 bits per heavy atom. The predicted molar refractivity (Wildman–Crippen MR) is 80.7 cm³/mol. The number of carbonyl (C=O) groups is 1. The number of hydrogen-bond donors (Lipinski definition) is 0. The van der Waals surface area contributed by atoms with Gasteiger partial charge in [0.05, 0.1) is 19.6 Å². The molecule has 0 aromatic heterocycles. The summed E-state index contributed by atoms with van der Waals surface area (Å²) in [5.41, 5.74) is 2.09. The third-order valence-electron chi connectivity index (χ3n) is 3.48. The molecule has 4 heteroatoms. The Labute approximate surface area is 129 Å². The molecule has 1 aliphatic heterocycles. The lowest BCUT2D eigenvalue weighted by Crippen LogP contribution is -2.27. The molecule has 0 bridgehead atoms. The number of cyclic esters (lactones) is 1. The summed E-state index contributed by atoms with van der Waals surface area (Å²) in [4.78, 5) is 11.5. The molecule has 114 valence electrons. The van der Waals surface area contributed by atoms with E-state index in [9.17, 15) is 4.79 Å². The van der Waals surface area contributed by atoms with Crippen LogP contribution in [0.2, 0.25) is 0 Å². The number of rotatable bonds is 6. The molecular formula is C18H18O4. The highest BCUT2D eigenvalue weighted by Gasteiger charge is 2.36. The van der Waals surface area contributed by atoms with E-state index in [1.807, 2.05) is 60.7 Å². The average Bonchev–Trinajstić information content (AvgIpc) is 2.93. The maximum Gasteiger partial charge on any atom is 0.311 e. The van der Waals surface area contributed by atoms with Gasteiger partial charge < -0.3 is 14.2 Å². The fourth-order valence-electron chi connectivity index (χ4n) is 2.32. The normalized spacial score (nSPS) is 20.8. The van der Waals surface area contributed by atoms with Gasteiger partial charge >= 0.3 is 5.97 Å². The molecular weight excluding hydrogens is 280 g/mol. The van der Waals surface area contributed by atoms with E-state index in [0.29, 0.717) is 13.2 Å². The first kappa shape index (κ1) is 14.8. The molecule has 2 unspecified atom stereocenters. The van der Waals surface area contributed by atoms with Gasteiger partial charge in [-0.25, -0.2) is 0 Å². The van der Waals surface area contributed by atoms with Crippen molar-refractivity contribution in [2.45, 2.75) is 32.0 Å². The van der Waals surface area contributed by atoms with Crippen molar-refractivity contribution in [3.8, 4) is 0 Å². The molecule has 0 saturated carbocycles. The van der Waals surface area contributed by atoms with E-state index in [4.69, 9.17) is 14.2 Å². The third kappa shape index (κ3) is 3.93. The van der Waals surface area contributed by atoms with E-state index in [0.717, 1.165) is 11.1 Å². The van der Waals surface area contributed by atoms with Gasteiger partial charge in [0.1, 0.15) is 6.10 Å². The molecule has 4 nitrogen and oxygen atoms in total. The highest BCUT2D eigenvalue weighted by Crippen LogP contribution is 2.22. The van der Waals surface area contributed by atoms with Gasteiger partial charge in [0.2, 0.25) is 6.29 Å². The van der Waals surface area contributed by atoms with Crippen molar-refractivity contribution in [3.05, 3.63) is 71.8 Å². The van der Waals surface area contributed by atoms with Crippen LogP contribution in [-0.2, 0) is 32.2 Å². The van der Waals surface area contributed by atoms with E-state index in [1.165, 1.54) is 0 Å². The van der Waals surface area contributed by atoms with Crippen LogP contribution in [-0.4, -0.2) is 18.4 Å². The van der Waals surface area contributed by atoms with Crippen molar-refractivity contribution >= 4 is 5.97 Å². The van der Waals surface area contributed by atoms with Gasteiger partial charge in [-0.3, -0.25) is 4.79 Å². The molecule has 22 heavy (non-hydrogen) atoms. The Kier molecular flexibility index (Phi) is 4.83. The minimum absolute atomic E-state index is 0.228. The van der Waals surface area contributed by atoms with Crippen LogP contribution in [0.1, 0.15) is 17.5 Å². The molecule has 2 atom stereocenters. The van der Waals surface area contributed by atoms with Gasteiger partial charge in [0.25, 0.3) is 0 Å². The van der Waals surface area contributed by atoms with Crippen LogP contribution < -0.4 is 0 Å². The second-order valence-electron chi connectivity index (χ2n) is 5.19. The smallest absolute Gasteiger partial charge is 0.311 e. The SMILES string of the molecule is O=C1CC(OCc2ccccc2)C(OCc2ccccc2)O1. The summed E-state index contributed by atoms with van der Waals surface area (Å²) in [6, 6.07) is 19.6. The molecule has 2 aromatic carbocycles. The van der Waals surface area contributed by atoms with E-state index in [-0.39, 0.29) is 18.5 Å². The minimum Gasteiger partial charge on any atom is -0.433 e. The second-order valence-corrected chi connectivity index (χ2v) is 5.19. The van der Waals surface area contributed by atoms with Gasteiger partial charge in [-0.2, -0.15) is 0 Å². The molecule has 3 rings (SSSR count). The summed E-state index contributed by atoms with van der Waals surface area (Å²) < 4.78 is 16.7. The van der Waals surface area contributed by atoms with Gasteiger partial charge in [0, 0.05) is 0 Å². The Morgan fingerprint density at radius 2 is 1.41 bits per heavy atom. The van der Waals surface area contributed by atoms with Gasteiger partial charge in [0.15, 0.2) is 0 Å². The zero-order chi connectivity index (χ0) is 15.2. The van der Waals surface area contributed by atoms with Gasteiger partial charge in [-0.05, 0) is 11.1 Å². The standard InChI is InChI=1S/C18H18O4/c19-17-11-16(20-12-14-7-3-1-4-8-14)18(22-17)21-13-15-9-5-2-6-10-15/h1-10,16,18H,11-13H2. The molecule has 2 aromatic rings. The van der Waals surface area contributed by atoms with Crippen molar-refractivity contribution in [1.29, 1.82) is 0 Å². The molecule has 0 amide bonds. The lowest BCUT2D eigenvalue weighted by Gasteiger charge is -2.18. The fourth-order valence-corrected chi connectivity index (χ4v) is 2.32. The predicted octanol–water partition coefficient (Wildman–Crippen LogP) is 3.06. The quantitative estimate of drug-likeness (QED) is 0.769. The zero-order valence-electron chi connectivity index (χ0n) is 12.2. The lowest BCUT2D eigenvalue weighted by molar-refractivity contribution is -0.184. The van der Waals surface area contributed by atoms with E-state index in [1.54, 1.807) is 0 Å². The summed E-state index contributed by atoms with van der Waals surface area (Å²) in [5.74, 6) is -0.281. The van der Waals surface area contributed by atoms with Crippen LogP contribution in [0.4, 0.5) is 0 Å². The molecule has 1 heterocycles.